The van der Waals surface area contributed by atoms with E-state index in [1.165, 1.54) is 5.56 Å². The van der Waals surface area contributed by atoms with Crippen molar-refractivity contribution < 1.29 is 4.79 Å². The molecular weight excluding hydrogens is 298 g/mol. The molecule has 0 atom stereocenters. The highest BCUT2D eigenvalue weighted by atomic mass is 16.1. The highest BCUT2D eigenvalue weighted by molar-refractivity contribution is 5.91. The molecule has 4 nitrogen and oxygen atoms in total. The zero-order chi connectivity index (χ0) is 16.9. The lowest BCUT2D eigenvalue weighted by Crippen LogP contribution is -1.99. The lowest BCUT2D eigenvalue weighted by molar-refractivity contribution is -0.112. The number of fused-ring (bicyclic) bond motifs is 1. The normalized spacial score (nSPS) is 11.2. The molecule has 0 saturated heterocycles. The fraction of sp³-hybridized carbons (Fsp3) is 0.200. The third-order valence-corrected chi connectivity index (χ3v) is 3.95. The number of pyridine rings is 1. The summed E-state index contributed by atoms with van der Waals surface area (Å²) >= 11 is 0. The highest BCUT2D eigenvalue weighted by Gasteiger charge is 2.11. The second kappa shape index (κ2) is 7.13. The molecule has 24 heavy (non-hydrogen) atoms. The number of nitrogens with zero attached hydrogens (tertiary/aromatic N) is 2. The third-order valence-electron chi connectivity index (χ3n) is 3.95. The van der Waals surface area contributed by atoms with E-state index in [2.05, 4.69) is 29.6 Å². The lowest BCUT2D eigenvalue weighted by atomic mass is 10.1. The Morgan fingerprint density at radius 2 is 1.96 bits per heavy atom. The van der Waals surface area contributed by atoms with Gasteiger partial charge in [0.15, 0.2) is 5.78 Å². The van der Waals surface area contributed by atoms with Crippen LogP contribution in [-0.2, 0) is 17.6 Å². The van der Waals surface area contributed by atoms with Crippen LogP contribution in [0.3, 0.4) is 0 Å². The van der Waals surface area contributed by atoms with E-state index in [0.717, 1.165) is 35.6 Å². The van der Waals surface area contributed by atoms with E-state index in [-0.39, 0.29) is 5.78 Å². The van der Waals surface area contributed by atoms with E-state index in [1.807, 2.05) is 41.9 Å². The fourth-order valence-electron chi connectivity index (χ4n) is 2.77. The van der Waals surface area contributed by atoms with E-state index in [1.54, 1.807) is 13.0 Å². The Hall–Kier alpha value is -2.88. The predicted molar refractivity (Wildman–Crippen MR) is 98.3 cm³/mol. The van der Waals surface area contributed by atoms with Crippen molar-refractivity contribution in [2.75, 3.05) is 12.4 Å². The number of hydrogen-bond acceptors (Lipinski definition) is 3. The van der Waals surface area contributed by atoms with Crippen molar-refractivity contribution in [3.05, 3.63) is 71.6 Å². The summed E-state index contributed by atoms with van der Waals surface area (Å²) in [7, 11) is 1.91. The number of ketones is 1. The van der Waals surface area contributed by atoms with Gasteiger partial charge >= 0.3 is 0 Å². The fourth-order valence-corrected chi connectivity index (χ4v) is 2.77. The topological polar surface area (TPSA) is 46.4 Å². The Balaban J connectivity index is 1.89. The van der Waals surface area contributed by atoms with Gasteiger partial charge in [0.25, 0.3) is 0 Å². The lowest BCUT2D eigenvalue weighted by Gasteiger charge is -2.05. The zero-order valence-corrected chi connectivity index (χ0v) is 14.0. The molecule has 2 heterocycles. The van der Waals surface area contributed by atoms with E-state index in [4.69, 9.17) is 4.98 Å². The van der Waals surface area contributed by atoms with Gasteiger partial charge in [-0.05, 0) is 55.2 Å². The van der Waals surface area contributed by atoms with Crippen LogP contribution in [0.4, 0.5) is 5.82 Å². The molecule has 1 aromatic carbocycles. The number of nitrogens with one attached hydrogen (secondary N) is 1. The molecule has 0 spiro atoms. The van der Waals surface area contributed by atoms with Gasteiger partial charge in [-0.2, -0.15) is 0 Å². The van der Waals surface area contributed by atoms with Gasteiger partial charge in [0.2, 0.25) is 0 Å². The Morgan fingerprint density at radius 1 is 1.17 bits per heavy atom. The third kappa shape index (κ3) is 3.54. The first kappa shape index (κ1) is 16.0. The van der Waals surface area contributed by atoms with Crippen LogP contribution in [-0.4, -0.2) is 22.2 Å². The van der Waals surface area contributed by atoms with Crippen LogP contribution in [0.25, 0.3) is 11.7 Å². The molecule has 0 bridgehead atoms. The molecule has 3 aromatic rings. The quantitative estimate of drug-likeness (QED) is 0.704. The second-order valence-corrected chi connectivity index (χ2v) is 5.78. The van der Waals surface area contributed by atoms with Crippen molar-refractivity contribution in [3.63, 3.8) is 0 Å². The Bertz CT molecular complexity index is 879. The molecule has 0 radical (unpaired) electrons. The van der Waals surface area contributed by atoms with Gasteiger partial charge in [-0.25, -0.2) is 4.98 Å². The van der Waals surface area contributed by atoms with Crippen molar-refractivity contribution in [1.29, 1.82) is 0 Å². The molecule has 3 rings (SSSR count). The molecular formula is C20H21N3O. The minimum absolute atomic E-state index is 0.0399. The Kier molecular flexibility index (Phi) is 4.75. The van der Waals surface area contributed by atoms with Crippen LogP contribution in [0.2, 0.25) is 0 Å². The molecule has 0 aliphatic heterocycles. The number of aromatic nitrogens is 2. The number of carbonyl (C=O) groups excluding carboxylic acids is 1. The molecule has 122 valence electrons. The average molecular weight is 319 g/mol. The van der Waals surface area contributed by atoms with Gasteiger partial charge in [0, 0.05) is 13.2 Å². The zero-order valence-electron chi connectivity index (χ0n) is 14.0. The minimum atomic E-state index is 0.0399. The summed E-state index contributed by atoms with van der Waals surface area (Å²) in [5, 5.41) is 3.26. The van der Waals surface area contributed by atoms with E-state index in [9.17, 15) is 4.79 Å². The number of hydrogen-bond donors (Lipinski definition) is 1. The van der Waals surface area contributed by atoms with E-state index in [0.29, 0.717) is 0 Å². The van der Waals surface area contributed by atoms with Gasteiger partial charge < -0.3 is 5.32 Å². The first-order valence-electron chi connectivity index (χ1n) is 8.08. The Morgan fingerprint density at radius 3 is 2.67 bits per heavy atom. The van der Waals surface area contributed by atoms with Crippen LogP contribution < -0.4 is 5.32 Å². The molecule has 2 aromatic heterocycles. The number of allylic oxidation sites excluding steroid dienone is 1. The van der Waals surface area contributed by atoms with Gasteiger partial charge in [-0.15, -0.1) is 0 Å². The summed E-state index contributed by atoms with van der Waals surface area (Å²) < 4.78 is 2.04. The monoisotopic (exact) mass is 319 g/mol. The molecule has 4 heteroatoms. The molecule has 0 saturated carbocycles. The van der Waals surface area contributed by atoms with Crippen molar-refractivity contribution >= 4 is 23.3 Å². The number of benzene rings is 1. The molecule has 0 fully saturated rings. The first-order valence-corrected chi connectivity index (χ1v) is 8.08. The molecule has 0 unspecified atom stereocenters. The number of carbonyl (C=O) groups is 1. The van der Waals surface area contributed by atoms with E-state index < -0.39 is 0 Å². The largest absolute Gasteiger partial charge is 0.373 e. The van der Waals surface area contributed by atoms with Crippen molar-refractivity contribution in [3.8, 4) is 0 Å². The summed E-state index contributed by atoms with van der Waals surface area (Å²) in [6, 6.07) is 14.4. The molecule has 0 aliphatic rings. The summed E-state index contributed by atoms with van der Waals surface area (Å²) in [5.74, 6) is 1.04. The molecule has 0 aliphatic carbocycles. The second-order valence-electron chi connectivity index (χ2n) is 5.78. The SMILES string of the molecule is CNc1c(CCc2ccccc2)nc2ccc(/C=C/C(C)=O)cn12. The van der Waals surface area contributed by atoms with Crippen LogP contribution in [0.15, 0.2) is 54.7 Å². The smallest absolute Gasteiger partial charge is 0.152 e. The van der Waals surface area contributed by atoms with Crippen molar-refractivity contribution in [1.82, 2.24) is 9.38 Å². The number of aryl methyl sites for hydroxylation is 2. The van der Waals surface area contributed by atoms with Gasteiger partial charge in [-0.3, -0.25) is 9.20 Å². The maximum absolute atomic E-state index is 11.1. The minimum Gasteiger partial charge on any atom is -0.373 e. The summed E-state index contributed by atoms with van der Waals surface area (Å²) in [6.45, 7) is 1.55. The Labute approximate surface area is 141 Å². The maximum Gasteiger partial charge on any atom is 0.152 e. The van der Waals surface area contributed by atoms with Crippen LogP contribution in [0, 0.1) is 0 Å². The average Bonchev–Trinajstić information content (AvgIpc) is 2.95. The number of rotatable bonds is 6. The highest BCUT2D eigenvalue weighted by Crippen LogP contribution is 2.21. The van der Waals surface area contributed by atoms with Gasteiger partial charge in [-0.1, -0.05) is 30.3 Å². The van der Waals surface area contributed by atoms with Crippen LogP contribution in [0.1, 0.15) is 23.7 Å². The standard InChI is InChI=1S/C20H21N3O/c1-15(24)8-9-17-11-13-19-22-18(20(21-2)23(19)14-17)12-10-16-6-4-3-5-7-16/h3-9,11,13-14,21H,10,12H2,1-2H3/b9-8+. The summed E-state index contributed by atoms with van der Waals surface area (Å²) in [4.78, 5) is 15.9. The van der Waals surface area contributed by atoms with E-state index >= 15 is 0 Å². The maximum atomic E-state index is 11.1. The first-order chi connectivity index (χ1) is 11.7. The van der Waals surface area contributed by atoms with Crippen LogP contribution >= 0.6 is 0 Å². The molecule has 1 N–H and O–H groups in total. The number of anilines is 1. The van der Waals surface area contributed by atoms with Gasteiger partial charge in [0.1, 0.15) is 11.5 Å². The predicted octanol–water partition coefficient (Wildman–Crippen LogP) is 3.76. The number of imidazole rings is 1. The van der Waals surface area contributed by atoms with Gasteiger partial charge in [0.05, 0.1) is 5.69 Å². The summed E-state index contributed by atoms with van der Waals surface area (Å²) in [5.41, 5.74) is 4.24. The van der Waals surface area contributed by atoms with Crippen LogP contribution in [0.5, 0.6) is 0 Å². The molecule has 0 amide bonds. The van der Waals surface area contributed by atoms with Crippen molar-refractivity contribution in [2.45, 2.75) is 19.8 Å². The van der Waals surface area contributed by atoms with Crippen molar-refractivity contribution in [2.24, 2.45) is 0 Å². The summed E-state index contributed by atoms with van der Waals surface area (Å²) in [6.07, 6.45) is 7.23.